The van der Waals surface area contributed by atoms with Crippen molar-refractivity contribution in [3.05, 3.63) is 65.7 Å². The summed E-state index contributed by atoms with van der Waals surface area (Å²) in [7, 11) is 0. The van der Waals surface area contributed by atoms with Crippen LogP contribution in [0, 0.1) is 0 Å². The largest absolute Gasteiger partial charge is 0.508 e. The Morgan fingerprint density at radius 1 is 1.16 bits per heavy atom. The standard InChI is InChI=1S/C15H14N2O2/c18-14-8-4-7-13(9-14)11-16-17-15(19)10-12-5-2-1-3-6-12/h1-9,11,18H,10H2,(H,17,19)/b16-11+. The van der Waals surface area contributed by atoms with Gasteiger partial charge in [0.25, 0.3) is 0 Å². The number of rotatable bonds is 4. The van der Waals surface area contributed by atoms with Crippen LogP contribution in [0.25, 0.3) is 0 Å². The molecule has 4 nitrogen and oxygen atoms in total. The lowest BCUT2D eigenvalue weighted by Crippen LogP contribution is -2.19. The molecule has 2 rings (SSSR count). The molecule has 0 aromatic heterocycles. The van der Waals surface area contributed by atoms with Gasteiger partial charge < -0.3 is 5.11 Å². The Bertz CT molecular complexity index is 580. The van der Waals surface area contributed by atoms with Crippen molar-refractivity contribution in [2.75, 3.05) is 0 Å². The topological polar surface area (TPSA) is 61.7 Å². The third kappa shape index (κ3) is 4.27. The lowest BCUT2D eigenvalue weighted by molar-refractivity contribution is -0.120. The molecule has 0 heterocycles. The Morgan fingerprint density at radius 2 is 1.95 bits per heavy atom. The van der Waals surface area contributed by atoms with Crippen LogP contribution in [-0.4, -0.2) is 17.2 Å². The highest BCUT2D eigenvalue weighted by Crippen LogP contribution is 2.08. The van der Waals surface area contributed by atoms with Gasteiger partial charge in [0, 0.05) is 0 Å². The molecule has 2 aromatic carbocycles. The number of hydrogen-bond acceptors (Lipinski definition) is 3. The number of hydrazone groups is 1. The Hall–Kier alpha value is -2.62. The molecule has 0 fully saturated rings. The first-order chi connectivity index (χ1) is 9.24. The van der Waals surface area contributed by atoms with Crippen molar-refractivity contribution in [1.82, 2.24) is 5.43 Å². The number of hydrogen-bond donors (Lipinski definition) is 2. The van der Waals surface area contributed by atoms with Crippen LogP contribution in [0.15, 0.2) is 59.7 Å². The molecule has 1 amide bonds. The number of carbonyl (C=O) groups excluding carboxylic acids is 1. The molecule has 0 atom stereocenters. The molecule has 0 saturated carbocycles. The molecular weight excluding hydrogens is 240 g/mol. The lowest BCUT2D eigenvalue weighted by atomic mass is 10.1. The molecule has 0 aliphatic carbocycles. The number of amides is 1. The van der Waals surface area contributed by atoms with E-state index in [9.17, 15) is 9.90 Å². The van der Waals surface area contributed by atoms with Gasteiger partial charge in [0.15, 0.2) is 0 Å². The molecule has 0 aliphatic heterocycles. The van der Waals surface area contributed by atoms with E-state index in [1.807, 2.05) is 30.3 Å². The molecule has 0 aliphatic rings. The van der Waals surface area contributed by atoms with Crippen molar-refractivity contribution in [3.8, 4) is 5.75 Å². The van der Waals surface area contributed by atoms with Gasteiger partial charge in [-0.2, -0.15) is 5.10 Å². The second kappa shape index (κ2) is 6.35. The average molecular weight is 254 g/mol. The molecule has 19 heavy (non-hydrogen) atoms. The predicted molar refractivity (Wildman–Crippen MR) is 74.0 cm³/mol. The van der Waals surface area contributed by atoms with E-state index in [2.05, 4.69) is 10.5 Å². The van der Waals surface area contributed by atoms with E-state index in [0.29, 0.717) is 0 Å². The number of aromatic hydroxyl groups is 1. The number of nitrogens with one attached hydrogen (secondary N) is 1. The minimum Gasteiger partial charge on any atom is -0.508 e. The minimum absolute atomic E-state index is 0.166. The summed E-state index contributed by atoms with van der Waals surface area (Å²) in [5.74, 6) is -0.0119. The van der Waals surface area contributed by atoms with E-state index in [1.54, 1.807) is 24.3 Å². The quantitative estimate of drug-likeness (QED) is 0.648. The highest BCUT2D eigenvalue weighted by molar-refractivity contribution is 5.83. The third-order valence-electron chi connectivity index (χ3n) is 2.48. The van der Waals surface area contributed by atoms with E-state index in [-0.39, 0.29) is 18.1 Å². The van der Waals surface area contributed by atoms with Gasteiger partial charge in [-0.15, -0.1) is 0 Å². The summed E-state index contributed by atoms with van der Waals surface area (Å²) < 4.78 is 0. The van der Waals surface area contributed by atoms with Crippen LogP contribution >= 0.6 is 0 Å². The zero-order valence-corrected chi connectivity index (χ0v) is 10.3. The molecule has 0 bridgehead atoms. The number of phenolic OH excluding ortho intramolecular Hbond substituents is 1. The predicted octanol–water partition coefficient (Wildman–Crippen LogP) is 2.08. The molecule has 4 heteroatoms. The van der Waals surface area contributed by atoms with Crippen LogP contribution in [0.5, 0.6) is 5.75 Å². The van der Waals surface area contributed by atoms with Gasteiger partial charge in [-0.1, -0.05) is 42.5 Å². The molecule has 0 spiro atoms. The second-order valence-electron chi connectivity index (χ2n) is 4.05. The van der Waals surface area contributed by atoms with Crippen LogP contribution in [-0.2, 0) is 11.2 Å². The summed E-state index contributed by atoms with van der Waals surface area (Å²) in [5.41, 5.74) is 4.11. The smallest absolute Gasteiger partial charge is 0.244 e. The van der Waals surface area contributed by atoms with Crippen molar-refractivity contribution in [2.45, 2.75) is 6.42 Å². The average Bonchev–Trinajstić information content (AvgIpc) is 2.40. The number of phenols is 1. The summed E-state index contributed by atoms with van der Waals surface area (Å²) in [4.78, 5) is 11.6. The highest BCUT2D eigenvalue weighted by Gasteiger charge is 2.00. The first-order valence-corrected chi connectivity index (χ1v) is 5.89. The van der Waals surface area contributed by atoms with Crippen molar-refractivity contribution in [1.29, 1.82) is 0 Å². The molecular formula is C15H14N2O2. The zero-order chi connectivity index (χ0) is 13.5. The second-order valence-corrected chi connectivity index (χ2v) is 4.05. The zero-order valence-electron chi connectivity index (χ0n) is 10.3. The van der Waals surface area contributed by atoms with E-state index < -0.39 is 0 Å². The van der Waals surface area contributed by atoms with Crippen molar-refractivity contribution in [2.24, 2.45) is 5.10 Å². The van der Waals surface area contributed by atoms with Crippen molar-refractivity contribution >= 4 is 12.1 Å². The van der Waals surface area contributed by atoms with Gasteiger partial charge in [0.1, 0.15) is 5.75 Å². The molecule has 0 radical (unpaired) electrons. The van der Waals surface area contributed by atoms with E-state index in [4.69, 9.17) is 0 Å². The summed E-state index contributed by atoms with van der Waals surface area (Å²) in [5, 5.41) is 13.1. The molecule has 96 valence electrons. The van der Waals surface area contributed by atoms with Crippen LogP contribution in [0.3, 0.4) is 0 Å². The Morgan fingerprint density at radius 3 is 2.68 bits per heavy atom. The summed E-state index contributed by atoms with van der Waals surface area (Å²) in [6, 6.07) is 16.1. The molecule has 2 aromatic rings. The normalized spacial score (nSPS) is 10.5. The van der Waals surface area contributed by atoms with Crippen molar-refractivity contribution in [3.63, 3.8) is 0 Å². The van der Waals surface area contributed by atoms with Gasteiger partial charge in [-0.05, 0) is 23.3 Å². The first-order valence-electron chi connectivity index (χ1n) is 5.89. The van der Waals surface area contributed by atoms with E-state index in [0.717, 1.165) is 11.1 Å². The Kier molecular flexibility index (Phi) is 4.29. The molecule has 0 unspecified atom stereocenters. The fourth-order valence-electron chi connectivity index (χ4n) is 1.60. The fraction of sp³-hybridized carbons (Fsp3) is 0.0667. The lowest BCUT2D eigenvalue weighted by Gasteiger charge is -2.00. The van der Waals surface area contributed by atoms with Gasteiger partial charge in [0.05, 0.1) is 12.6 Å². The molecule has 0 saturated heterocycles. The Balaban J connectivity index is 1.87. The van der Waals surface area contributed by atoms with Gasteiger partial charge in [0.2, 0.25) is 5.91 Å². The monoisotopic (exact) mass is 254 g/mol. The number of carbonyl (C=O) groups is 1. The van der Waals surface area contributed by atoms with Gasteiger partial charge in [-0.3, -0.25) is 4.79 Å². The SMILES string of the molecule is O=C(Cc1ccccc1)N/N=C/c1cccc(O)c1. The van der Waals surface area contributed by atoms with Gasteiger partial charge >= 0.3 is 0 Å². The first kappa shape index (κ1) is 12.8. The maximum absolute atomic E-state index is 11.6. The van der Waals surface area contributed by atoms with Crippen molar-refractivity contribution < 1.29 is 9.90 Å². The minimum atomic E-state index is -0.178. The highest BCUT2D eigenvalue weighted by atomic mass is 16.3. The fourth-order valence-corrected chi connectivity index (χ4v) is 1.60. The maximum atomic E-state index is 11.6. The van der Waals surface area contributed by atoms with Gasteiger partial charge in [-0.25, -0.2) is 5.43 Å². The van der Waals surface area contributed by atoms with Crippen LogP contribution < -0.4 is 5.43 Å². The summed E-state index contributed by atoms with van der Waals surface area (Å²) in [6.07, 6.45) is 1.78. The summed E-state index contributed by atoms with van der Waals surface area (Å²) >= 11 is 0. The van der Waals surface area contributed by atoms with Crippen LogP contribution in [0.1, 0.15) is 11.1 Å². The third-order valence-corrected chi connectivity index (χ3v) is 2.48. The van der Waals surface area contributed by atoms with E-state index >= 15 is 0 Å². The number of nitrogens with zero attached hydrogens (tertiary/aromatic N) is 1. The Labute approximate surface area is 111 Å². The maximum Gasteiger partial charge on any atom is 0.244 e. The summed E-state index contributed by atoms with van der Waals surface area (Å²) in [6.45, 7) is 0. The van der Waals surface area contributed by atoms with Crippen LogP contribution in [0.4, 0.5) is 0 Å². The van der Waals surface area contributed by atoms with Crippen LogP contribution in [0.2, 0.25) is 0 Å². The number of benzene rings is 2. The van der Waals surface area contributed by atoms with E-state index in [1.165, 1.54) is 6.21 Å². The molecule has 2 N–H and O–H groups in total.